The van der Waals surface area contributed by atoms with Gasteiger partial charge in [0.2, 0.25) is 0 Å². The second kappa shape index (κ2) is 3.83. The maximum Gasteiger partial charge on any atom is 0.138 e. The topological polar surface area (TPSA) is 17.3 Å². The molecule has 98 valence electrons. The number of nitrogens with zero attached hydrogens (tertiary/aromatic N) is 2. The van der Waals surface area contributed by atoms with Crippen LogP contribution in [0.3, 0.4) is 0 Å². The van der Waals surface area contributed by atoms with Gasteiger partial charge >= 0.3 is 0 Å². The highest BCUT2D eigenvalue weighted by atomic mass is 15.0. The van der Waals surface area contributed by atoms with E-state index in [-0.39, 0.29) is 0 Å². The molecule has 0 saturated heterocycles. The molecule has 0 aliphatic heterocycles. The minimum atomic E-state index is 1.00. The summed E-state index contributed by atoms with van der Waals surface area (Å²) < 4.78 is 2.18. The van der Waals surface area contributed by atoms with E-state index in [1.54, 1.807) is 0 Å². The van der Waals surface area contributed by atoms with Crippen LogP contribution in [0.1, 0.15) is 0 Å². The molecule has 2 nitrogen and oxygen atoms in total. The van der Waals surface area contributed by atoms with Crippen LogP contribution in [0, 0.1) is 0 Å². The van der Waals surface area contributed by atoms with E-state index < -0.39 is 0 Å². The number of hydrogen-bond acceptors (Lipinski definition) is 1. The Hall–Kier alpha value is -2.87. The summed E-state index contributed by atoms with van der Waals surface area (Å²) >= 11 is 0. The average molecular weight is 268 g/mol. The molecule has 2 heterocycles. The van der Waals surface area contributed by atoms with Crippen LogP contribution in [-0.2, 0) is 0 Å². The molecule has 0 aliphatic rings. The lowest BCUT2D eigenvalue weighted by Crippen LogP contribution is -1.84. The Morgan fingerprint density at radius 1 is 0.714 bits per heavy atom. The predicted octanol–water partition coefficient (Wildman–Crippen LogP) is 4.79. The van der Waals surface area contributed by atoms with Crippen molar-refractivity contribution < 1.29 is 0 Å². The zero-order chi connectivity index (χ0) is 13.8. The smallest absolute Gasteiger partial charge is 0.138 e. The first-order valence-electron chi connectivity index (χ1n) is 7.08. The summed E-state index contributed by atoms with van der Waals surface area (Å²) in [4.78, 5) is 4.86. The van der Waals surface area contributed by atoms with Crippen LogP contribution in [-0.4, -0.2) is 9.38 Å². The Balaban J connectivity index is 2.04. The molecular formula is C19H12N2. The van der Waals surface area contributed by atoms with E-state index in [2.05, 4.69) is 77.3 Å². The van der Waals surface area contributed by atoms with Crippen LogP contribution in [0.15, 0.2) is 72.9 Å². The van der Waals surface area contributed by atoms with Crippen molar-refractivity contribution >= 4 is 38.2 Å². The predicted molar refractivity (Wildman–Crippen MR) is 87.7 cm³/mol. The second-order valence-corrected chi connectivity index (χ2v) is 5.40. The molecule has 0 amide bonds. The van der Waals surface area contributed by atoms with Crippen molar-refractivity contribution in [3.8, 4) is 0 Å². The van der Waals surface area contributed by atoms with E-state index in [0.717, 1.165) is 16.7 Å². The SMILES string of the molecule is c1ccc2cn3c(cc2c1)nc1c2ccccc2ccc13. The molecule has 3 aromatic carbocycles. The van der Waals surface area contributed by atoms with E-state index in [0.29, 0.717) is 0 Å². The Kier molecular flexibility index (Phi) is 1.98. The van der Waals surface area contributed by atoms with E-state index >= 15 is 0 Å². The van der Waals surface area contributed by atoms with E-state index in [1.807, 2.05) is 0 Å². The number of benzene rings is 3. The molecule has 2 aromatic heterocycles. The number of aromatic nitrogens is 2. The van der Waals surface area contributed by atoms with Gasteiger partial charge in [0, 0.05) is 11.6 Å². The lowest BCUT2D eigenvalue weighted by atomic mass is 10.1. The van der Waals surface area contributed by atoms with Gasteiger partial charge in [-0.3, -0.25) is 4.40 Å². The molecule has 0 fully saturated rings. The largest absolute Gasteiger partial charge is 0.299 e. The normalized spacial score (nSPS) is 11.8. The number of hydrogen-bond donors (Lipinski definition) is 0. The molecule has 5 rings (SSSR count). The van der Waals surface area contributed by atoms with Crippen molar-refractivity contribution in [2.75, 3.05) is 0 Å². The molecule has 0 unspecified atom stereocenters. The van der Waals surface area contributed by atoms with E-state index in [4.69, 9.17) is 4.98 Å². The molecule has 0 N–H and O–H groups in total. The van der Waals surface area contributed by atoms with E-state index in [1.165, 1.54) is 21.5 Å². The minimum Gasteiger partial charge on any atom is -0.299 e. The van der Waals surface area contributed by atoms with Gasteiger partial charge in [0.05, 0.1) is 11.0 Å². The number of pyridine rings is 1. The molecular weight excluding hydrogens is 256 g/mol. The minimum absolute atomic E-state index is 1.00. The van der Waals surface area contributed by atoms with Gasteiger partial charge < -0.3 is 0 Å². The summed E-state index contributed by atoms with van der Waals surface area (Å²) in [6.07, 6.45) is 2.18. The first-order valence-corrected chi connectivity index (χ1v) is 7.08. The van der Waals surface area contributed by atoms with Crippen molar-refractivity contribution in [2.45, 2.75) is 0 Å². The van der Waals surface area contributed by atoms with Crippen LogP contribution in [0.5, 0.6) is 0 Å². The quantitative estimate of drug-likeness (QED) is 0.394. The van der Waals surface area contributed by atoms with Crippen molar-refractivity contribution in [3.05, 3.63) is 72.9 Å². The number of fused-ring (bicyclic) bond motifs is 6. The highest BCUT2D eigenvalue weighted by molar-refractivity contribution is 6.06. The van der Waals surface area contributed by atoms with Gasteiger partial charge in [0.15, 0.2) is 0 Å². The monoisotopic (exact) mass is 268 g/mol. The Labute approximate surface area is 121 Å². The van der Waals surface area contributed by atoms with Gasteiger partial charge in [-0.15, -0.1) is 0 Å². The third-order valence-corrected chi connectivity index (χ3v) is 4.16. The van der Waals surface area contributed by atoms with Gasteiger partial charge in [0.25, 0.3) is 0 Å². The molecule has 0 atom stereocenters. The van der Waals surface area contributed by atoms with Crippen molar-refractivity contribution in [1.82, 2.24) is 9.38 Å². The highest BCUT2D eigenvalue weighted by Gasteiger charge is 2.08. The van der Waals surface area contributed by atoms with E-state index in [9.17, 15) is 0 Å². The van der Waals surface area contributed by atoms with Gasteiger partial charge in [0.1, 0.15) is 5.65 Å². The van der Waals surface area contributed by atoms with Crippen LogP contribution < -0.4 is 0 Å². The number of imidazole rings is 1. The molecule has 0 spiro atoms. The lowest BCUT2D eigenvalue weighted by molar-refractivity contribution is 1.25. The molecule has 2 heteroatoms. The summed E-state index contributed by atoms with van der Waals surface area (Å²) in [5.74, 6) is 0. The third-order valence-electron chi connectivity index (χ3n) is 4.16. The van der Waals surface area contributed by atoms with Gasteiger partial charge in [-0.1, -0.05) is 54.6 Å². The fourth-order valence-electron chi connectivity index (χ4n) is 3.12. The van der Waals surface area contributed by atoms with Crippen LogP contribution >= 0.6 is 0 Å². The first kappa shape index (κ1) is 10.9. The zero-order valence-corrected chi connectivity index (χ0v) is 11.3. The maximum atomic E-state index is 4.86. The second-order valence-electron chi connectivity index (χ2n) is 5.40. The van der Waals surface area contributed by atoms with Crippen molar-refractivity contribution in [1.29, 1.82) is 0 Å². The van der Waals surface area contributed by atoms with Crippen molar-refractivity contribution in [2.24, 2.45) is 0 Å². The molecule has 0 bridgehead atoms. The lowest BCUT2D eigenvalue weighted by Gasteiger charge is -2.01. The fourth-order valence-corrected chi connectivity index (χ4v) is 3.12. The summed E-state index contributed by atoms with van der Waals surface area (Å²) in [5.41, 5.74) is 3.23. The highest BCUT2D eigenvalue weighted by Crippen LogP contribution is 2.27. The third kappa shape index (κ3) is 1.44. The van der Waals surface area contributed by atoms with Crippen LogP contribution in [0.2, 0.25) is 0 Å². The molecule has 0 saturated carbocycles. The average Bonchev–Trinajstić information content (AvgIpc) is 2.90. The number of rotatable bonds is 0. The van der Waals surface area contributed by atoms with Crippen molar-refractivity contribution in [3.63, 3.8) is 0 Å². The van der Waals surface area contributed by atoms with Gasteiger partial charge in [-0.05, 0) is 28.3 Å². The fraction of sp³-hybridized carbons (Fsp3) is 0. The maximum absolute atomic E-state index is 4.86. The Morgan fingerprint density at radius 3 is 2.38 bits per heavy atom. The molecule has 0 radical (unpaired) electrons. The van der Waals surface area contributed by atoms with Gasteiger partial charge in [-0.25, -0.2) is 4.98 Å². The molecule has 5 aromatic rings. The standard InChI is InChI=1S/C19H12N2/c1-2-7-15-12-21-17-10-9-13-5-3-4-8-16(13)19(17)20-18(21)11-14(15)6-1/h1-12H. The molecule has 21 heavy (non-hydrogen) atoms. The summed E-state index contributed by atoms with van der Waals surface area (Å²) in [6.45, 7) is 0. The summed E-state index contributed by atoms with van der Waals surface area (Å²) in [6, 6.07) is 23.3. The molecule has 0 aliphatic carbocycles. The Morgan fingerprint density at radius 2 is 1.48 bits per heavy atom. The van der Waals surface area contributed by atoms with Crippen LogP contribution in [0.4, 0.5) is 0 Å². The zero-order valence-electron chi connectivity index (χ0n) is 11.3. The first-order chi connectivity index (χ1) is 10.4. The summed E-state index contributed by atoms with van der Waals surface area (Å²) in [7, 11) is 0. The summed E-state index contributed by atoms with van der Waals surface area (Å²) in [5, 5.41) is 4.91. The van der Waals surface area contributed by atoms with Crippen LogP contribution in [0.25, 0.3) is 38.2 Å². The van der Waals surface area contributed by atoms with Gasteiger partial charge in [-0.2, -0.15) is 0 Å². The Bertz CT molecular complexity index is 1140.